The van der Waals surface area contributed by atoms with Gasteiger partial charge in [-0.3, -0.25) is 0 Å². The van der Waals surface area contributed by atoms with Crippen molar-refractivity contribution in [3.8, 4) is 0 Å². The Labute approximate surface area is 124 Å². The molecule has 0 radical (unpaired) electrons. The van der Waals surface area contributed by atoms with Crippen molar-refractivity contribution in [3.63, 3.8) is 0 Å². The van der Waals surface area contributed by atoms with Crippen molar-refractivity contribution in [1.29, 1.82) is 0 Å². The monoisotopic (exact) mass is 298 g/mol. The fourth-order valence-electron chi connectivity index (χ4n) is 2.08. The summed E-state index contributed by atoms with van der Waals surface area (Å²) < 4.78 is 20.0. The van der Waals surface area contributed by atoms with E-state index in [1.807, 2.05) is 0 Å². The lowest BCUT2D eigenvalue weighted by Crippen LogP contribution is -2.35. The Bertz CT molecular complexity index is 331. The summed E-state index contributed by atoms with van der Waals surface area (Å²) in [7, 11) is 0. The number of hydrogen-bond acceptors (Lipinski definition) is 6. The minimum atomic E-state index is -0.783. The minimum absolute atomic E-state index is 0.0818. The molecule has 6 nitrogen and oxygen atoms in total. The van der Waals surface area contributed by atoms with Crippen LogP contribution in [0.4, 0.5) is 9.59 Å². The molecule has 0 N–H and O–H groups in total. The smallest absolute Gasteiger partial charge is 0.430 e. The third kappa shape index (κ3) is 6.83. The fourth-order valence-corrected chi connectivity index (χ4v) is 2.08. The largest absolute Gasteiger partial charge is 0.508 e. The Balaban J connectivity index is 2.53. The van der Waals surface area contributed by atoms with Gasteiger partial charge in [-0.15, -0.1) is 0 Å². The van der Waals surface area contributed by atoms with Crippen molar-refractivity contribution < 1.29 is 28.5 Å². The Morgan fingerprint density at radius 3 is 1.67 bits per heavy atom. The van der Waals surface area contributed by atoms with Crippen molar-refractivity contribution in [1.82, 2.24) is 0 Å². The Morgan fingerprint density at radius 1 is 0.857 bits per heavy atom. The summed E-state index contributed by atoms with van der Waals surface area (Å²) in [5.74, 6) is 0. The van der Waals surface area contributed by atoms with Gasteiger partial charge in [-0.05, 0) is 25.7 Å². The maximum absolute atomic E-state index is 11.5. The van der Waals surface area contributed by atoms with Crippen LogP contribution in [0.3, 0.4) is 0 Å². The summed E-state index contributed by atoms with van der Waals surface area (Å²) in [6.45, 7) is 7.06. The predicted octanol–water partition coefficient (Wildman–Crippen LogP) is 3.37. The molecule has 1 rings (SSSR count). The highest BCUT2D eigenvalue weighted by molar-refractivity contribution is 5.61. The van der Waals surface area contributed by atoms with E-state index in [1.165, 1.54) is 12.2 Å². The van der Waals surface area contributed by atoms with Gasteiger partial charge >= 0.3 is 12.3 Å². The average Bonchev–Trinajstić information content (AvgIpc) is 2.68. The van der Waals surface area contributed by atoms with Crippen LogP contribution in [0.2, 0.25) is 0 Å². The molecule has 0 aromatic rings. The third-order valence-corrected chi connectivity index (χ3v) is 3.03. The molecule has 0 aromatic carbocycles. The zero-order valence-electron chi connectivity index (χ0n) is 12.1. The average molecular weight is 298 g/mol. The normalized spacial score (nSPS) is 21.5. The summed E-state index contributed by atoms with van der Waals surface area (Å²) in [5.41, 5.74) is 0. The molecule has 1 aliphatic carbocycles. The highest BCUT2D eigenvalue weighted by atomic mass is 16.8. The topological polar surface area (TPSA) is 71.1 Å². The first kappa shape index (κ1) is 17.1. The van der Waals surface area contributed by atoms with E-state index < -0.39 is 24.5 Å². The lowest BCUT2D eigenvalue weighted by molar-refractivity contribution is -0.0547. The van der Waals surface area contributed by atoms with E-state index in [9.17, 15) is 9.59 Å². The quantitative estimate of drug-likeness (QED) is 0.425. The molecule has 2 atom stereocenters. The Morgan fingerprint density at radius 2 is 1.29 bits per heavy atom. The molecule has 0 spiro atoms. The van der Waals surface area contributed by atoms with Crippen LogP contribution < -0.4 is 0 Å². The second kappa shape index (κ2) is 9.85. The summed E-state index contributed by atoms with van der Waals surface area (Å²) in [6.07, 6.45) is 4.38. The number of hydrogen-bond donors (Lipinski definition) is 0. The van der Waals surface area contributed by atoms with Crippen LogP contribution in [-0.2, 0) is 18.9 Å². The van der Waals surface area contributed by atoms with Crippen LogP contribution in [0.1, 0.15) is 32.1 Å². The lowest BCUT2D eigenvalue weighted by Gasteiger charge is -2.24. The first-order valence-electron chi connectivity index (χ1n) is 7.06. The van der Waals surface area contributed by atoms with Crippen molar-refractivity contribution >= 4 is 12.3 Å². The second-order valence-corrected chi connectivity index (χ2v) is 4.65. The van der Waals surface area contributed by atoms with Crippen LogP contribution in [-0.4, -0.2) is 37.7 Å². The summed E-state index contributed by atoms with van der Waals surface area (Å²) in [6, 6.07) is 0. The van der Waals surface area contributed by atoms with Crippen LogP contribution >= 0.6 is 0 Å². The van der Waals surface area contributed by atoms with Crippen LogP contribution in [0.15, 0.2) is 25.3 Å². The van der Waals surface area contributed by atoms with Gasteiger partial charge in [-0.2, -0.15) is 0 Å². The molecule has 0 amide bonds. The standard InChI is InChI=1S/C15H22O6/c1-3-10-18-14(16)20-12-8-6-5-7-9-13(12)21-15(17)19-11-4-2/h3-4,12-13H,1-2,5-11H2. The molecule has 0 aromatic heterocycles. The maximum Gasteiger partial charge on any atom is 0.508 e. The molecular weight excluding hydrogens is 276 g/mol. The van der Waals surface area contributed by atoms with Crippen molar-refractivity contribution in [2.75, 3.05) is 13.2 Å². The van der Waals surface area contributed by atoms with E-state index in [1.54, 1.807) is 0 Å². The SMILES string of the molecule is C=CCOC(=O)OC1CCCCCC1OC(=O)OCC=C. The number of carbonyl (C=O) groups excluding carboxylic acids is 2. The highest BCUT2D eigenvalue weighted by Gasteiger charge is 2.31. The molecule has 0 bridgehead atoms. The molecule has 1 fully saturated rings. The van der Waals surface area contributed by atoms with Gasteiger partial charge in [0, 0.05) is 0 Å². The van der Waals surface area contributed by atoms with E-state index in [4.69, 9.17) is 18.9 Å². The Hall–Kier alpha value is -1.98. The Kier molecular flexibility index (Phi) is 8.01. The van der Waals surface area contributed by atoms with Crippen LogP contribution in [0, 0.1) is 0 Å². The zero-order valence-corrected chi connectivity index (χ0v) is 12.1. The van der Waals surface area contributed by atoms with E-state index in [2.05, 4.69) is 13.2 Å². The van der Waals surface area contributed by atoms with E-state index >= 15 is 0 Å². The molecule has 0 heterocycles. The van der Waals surface area contributed by atoms with Gasteiger partial charge in [0.05, 0.1) is 0 Å². The second-order valence-electron chi connectivity index (χ2n) is 4.65. The summed E-state index contributed by atoms with van der Waals surface area (Å²) in [5, 5.41) is 0. The molecule has 2 unspecified atom stereocenters. The van der Waals surface area contributed by atoms with Gasteiger partial charge < -0.3 is 18.9 Å². The van der Waals surface area contributed by atoms with E-state index in [0.717, 1.165) is 19.3 Å². The third-order valence-electron chi connectivity index (χ3n) is 3.03. The van der Waals surface area contributed by atoms with Gasteiger partial charge in [-0.1, -0.05) is 31.7 Å². The van der Waals surface area contributed by atoms with Gasteiger partial charge in [0.2, 0.25) is 0 Å². The molecule has 0 aliphatic heterocycles. The minimum Gasteiger partial charge on any atom is -0.430 e. The fraction of sp³-hybridized carbons (Fsp3) is 0.600. The number of ether oxygens (including phenoxy) is 4. The van der Waals surface area contributed by atoms with Crippen LogP contribution in [0.25, 0.3) is 0 Å². The summed E-state index contributed by atoms with van der Waals surface area (Å²) >= 11 is 0. The molecule has 21 heavy (non-hydrogen) atoms. The molecule has 6 heteroatoms. The number of carbonyl (C=O) groups is 2. The van der Waals surface area contributed by atoms with Gasteiger partial charge in [0.15, 0.2) is 0 Å². The van der Waals surface area contributed by atoms with Gasteiger partial charge in [0.1, 0.15) is 25.4 Å². The number of rotatable bonds is 6. The first-order chi connectivity index (χ1) is 10.2. The van der Waals surface area contributed by atoms with Gasteiger partial charge in [0.25, 0.3) is 0 Å². The molecular formula is C15H22O6. The van der Waals surface area contributed by atoms with E-state index in [-0.39, 0.29) is 13.2 Å². The van der Waals surface area contributed by atoms with Crippen molar-refractivity contribution in [2.24, 2.45) is 0 Å². The zero-order chi connectivity index (χ0) is 15.5. The molecule has 118 valence electrons. The molecule has 1 aliphatic rings. The maximum atomic E-state index is 11.5. The highest BCUT2D eigenvalue weighted by Crippen LogP contribution is 2.24. The lowest BCUT2D eigenvalue weighted by atomic mass is 10.1. The molecule has 0 saturated heterocycles. The molecule has 1 saturated carbocycles. The van der Waals surface area contributed by atoms with Crippen molar-refractivity contribution in [3.05, 3.63) is 25.3 Å². The van der Waals surface area contributed by atoms with Crippen molar-refractivity contribution in [2.45, 2.75) is 44.3 Å². The van der Waals surface area contributed by atoms with Crippen LogP contribution in [0.5, 0.6) is 0 Å². The summed E-state index contributed by atoms with van der Waals surface area (Å²) in [4.78, 5) is 23.0. The van der Waals surface area contributed by atoms with Gasteiger partial charge in [-0.25, -0.2) is 9.59 Å². The van der Waals surface area contributed by atoms with E-state index in [0.29, 0.717) is 12.8 Å². The first-order valence-corrected chi connectivity index (χ1v) is 7.06. The predicted molar refractivity (Wildman–Crippen MR) is 75.9 cm³/mol.